The van der Waals surface area contributed by atoms with Crippen LogP contribution in [-0.4, -0.2) is 41.2 Å². The summed E-state index contributed by atoms with van der Waals surface area (Å²) < 4.78 is 0.703. The number of aliphatic hydroxyl groups excluding tert-OH is 1. The van der Waals surface area contributed by atoms with Crippen LogP contribution in [0.2, 0.25) is 0 Å². The van der Waals surface area contributed by atoms with E-state index in [4.69, 9.17) is 5.11 Å². The second-order valence-corrected chi connectivity index (χ2v) is 4.28. The molecule has 0 aliphatic carbocycles. The Morgan fingerprint density at radius 3 is 2.73 bits per heavy atom. The van der Waals surface area contributed by atoms with Gasteiger partial charge in [-0.3, -0.25) is 4.79 Å². The zero-order chi connectivity index (χ0) is 11.4. The van der Waals surface area contributed by atoms with Crippen molar-refractivity contribution in [2.75, 3.05) is 20.2 Å². The molecule has 0 saturated heterocycles. The van der Waals surface area contributed by atoms with E-state index in [9.17, 15) is 9.90 Å². The third kappa shape index (κ3) is 3.07. The smallest absolute Gasteiger partial charge is 0.253 e. The average Bonchev–Trinajstić information content (AvgIpc) is 2.21. The molecular formula is C10H12INO3. The molecule has 0 aromatic heterocycles. The Morgan fingerprint density at radius 1 is 1.53 bits per heavy atom. The lowest BCUT2D eigenvalue weighted by Crippen LogP contribution is -2.29. The molecule has 0 aliphatic heterocycles. The Balaban J connectivity index is 2.87. The highest BCUT2D eigenvalue weighted by Crippen LogP contribution is 2.20. The third-order valence-electron chi connectivity index (χ3n) is 1.98. The summed E-state index contributed by atoms with van der Waals surface area (Å²) in [5.74, 6) is -0.116. The van der Waals surface area contributed by atoms with Gasteiger partial charge in [0, 0.05) is 19.2 Å². The average molecular weight is 321 g/mol. The fourth-order valence-corrected chi connectivity index (χ4v) is 1.45. The van der Waals surface area contributed by atoms with Crippen LogP contribution in [-0.2, 0) is 0 Å². The molecule has 0 heterocycles. The van der Waals surface area contributed by atoms with Gasteiger partial charge in [-0.2, -0.15) is 0 Å². The number of rotatable bonds is 3. The minimum absolute atomic E-state index is 0.0708. The van der Waals surface area contributed by atoms with Crippen molar-refractivity contribution in [2.24, 2.45) is 0 Å². The van der Waals surface area contributed by atoms with Crippen LogP contribution in [0.3, 0.4) is 0 Å². The Hall–Kier alpha value is -0.820. The zero-order valence-corrected chi connectivity index (χ0v) is 10.4. The number of amides is 1. The molecule has 0 unspecified atom stereocenters. The van der Waals surface area contributed by atoms with Gasteiger partial charge in [0.1, 0.15) is 5.75 Å². The van der Waals surface area contributed by atoms with Crippen molar-refractivity contribution in [3.63, 3.8) is 0 Å². The molecule has 0 saturated carbocycles. The van der Waals surface area contributed by atoms with Crippen LogP contribution in [0.4, 0.5) is 0 Å². The number of aliphatic hydroxyl groups is 1. The van der Waals surface area contributed by atoms with E-state index in [1.54, 1.807) is 19.2 Å². The van der Waals surface area contributed by atoms with Gasteiger partial charge in [0.05, 0.1) is 10.2 Å². The molecule has 4 nitrogen and oxygen atoms in total. The van der Waals surface area contributed by atoms with Crippen molar-refractivity contribution in [1.82, 2.24) is 4.90 Å². The molecule has 0 radical (unpaired) electrons. The van der Waals surface area contributed by atoms with Gasteiger partial charge in [-0.1, -0.05) is 0 Å². The minimum atomic E-state index is -0.212. The topological polar surface area (TPSA) is 60.8 Å². The lowest BCUT2D eigenvalue weighted by atomic mass is 10.2. The highest BCUT2D eigenvalue weighted by molar-refractivity contribution is 14.1. The van der Waals surface area contributed by atoms with Gasteiger partial charge in [-0.05, 0) is 40.8 Å². The summed E-state index contributed by atoms with van der Waals surface area (Å²) in [5, 5.41) is 18.1. The van der Waals surface area contributed by atoms with E-state index in [0.717, 1.165) is 0 Å². The minimum Gasteiger partial charge on any atom is -0.507 e. The summed E-state index contributed by atoms with van der Waals surface area (Å²) >= 11 is 1.98. The quantitative estimate of drug-likeness (QED) is 0.819. The fraction of sp³-hybridized carbons (Fsp3) is 0.300. The predicted molar refractivity (Wildman–Crippen MR) is 64.9 cm³/mol. The number of nitrogens with zero attached hydrogens (tertiary/aromatic N) is 1. The summed E-state index contributed by atoms with van der Waals surface area (Å²) in [5.41, 5.74) is 0.420. The molecule has 0 aliphatic rings. The van der Waals surface area contributed by atoms with Crippen LogP contribution in [0.25, 0.3) is 0 Å². The number of carbonyl (C=O) groups is 1. The summed E-state index contributed by atoms with van der Waals surface area (Å²) in [6, 6.07) is 4.76. The van der Waals surface area contributed by atoms with Crippen LogP contribution in [0.1, 0.15) is 10.4 Å². The first-order valence-electron chi connectivity index (χ1n) is 4.41. The number of aromatic hydroxyl groups is 1. The molecular weight excluding hydrogens is 309 g/mol. The number of phenolic OH excluding ortho intramolecular Hbond substituents is 1. The fourth-order valence-electron chi connectivity index (χ4n) is 1.12. The second-order valence-electron chi connectivity index (χ2n) is 3.12. The van der Waals surface area contributed by atoms with Crippen molar-refractivity contribution in [3.8, 4) is 5.75 Å². The van der Waals surface area contributed by atoms with E-state index in [2.05, 4.69) is 0 Å². The van der Waals surface area contributed by atoms with E-state index in [1.165, 1.54) is 11.0 Å². The number of benzene rings is 1. The van der Waals surface area contributed by atoms with Gasteiger partial charge in [-0.15, -0.1) is 0 Å². The van der Waals surface area contributed by atoms with Crippen molar-refractivity contribution >= 4 is 28.5 Å². The first-order chi connectivity index (χ1) is 7.06. The molecule has 1 aromatic rings. The second kappa shape index (κ2) is 5.32. The van der Waals surface area contributed by atoms with Gasteiger partial charge in [0.25, 0.3) is 5.91 Å². The molecule has 1 rings (SSSR count). The van der Waals surface area contributed by atoms with E-state index < -0.39 is 0 Å². The Labute approximate surface area is 102 Å². The third-order valence-corrected chi connectivity index (χ3v) is 2.89. The first-order valence-corrected chi connectivity index (χ1v) is 5.49. The standard InChI is InChI=1S/C10H12INO3/c1-12(4-5-13)10(15)7-2-3-8(11)9(14)6-7/h2-3,6,13-14H,4-5H2,1H3. The van der Waals surface area contributed by atoms with Gasteiger partial charge in [-0.25, -0.2) is 0 Å². The van der Waals surface area contributed by atoms with E-state index in [1.807, 2.05) is 22.6 Å². The summed E-state index contributed by atoms with van der Waals surface area (Å²) in [6.45, 7) is 0.212. The Kier molecular flexibility index (Phi) is 4.34. The van der Waals surface area contributed by atoms with E-state index in [0.29, 0.717) is 9.13 Å². The zero-order valence-electron chi connectivity index (χ0n) is 8.27. The van der Waals surface area contributed by atoms with Crippen molar-refractivity contribution in [1.29, 1.82) is 0 Å². The molecule has 0 bridgehead atoms. The highest BCUT2D eigenvalue weighted by atomic mass is 127. The number of hydrogen-bond acceptors (Lipinski definition) is 3. The van der Waals surface area contributed by atoms with Crippen LogP contribution < -0.4 is 0 Å². The highest BCUT2D eigenvalue weighted by Gasteiger charge is 2.12. The molecule has 5 heteroatoms. The monoisotopic (exact) mass is 321 g/mol. The maximum atomic E-state index is 11.7. The Bertz CT molecular complexity index is 368. The SMILES string of the molecule is CN(CCO)C(=O)c1ccc(I)c(O)c1. The van der Waals surface area contributed by atoms with Crippen LogP contribution in [0.5, 0.6) is 5.75 Å². The molecule has 1 aromatic carbocycles. The van der Waals surface area contributed by atoms with Crippen LogP contribution in [0.15, 0.2) is 18.2 Å². The molecule has 0 fully saturated rings. The lowest BCUT2D eigenvalue weighted by molar-refractivity contribution is 0.0766. The maximum absolute atomic E-state index is 11.7. The van der Waals surface area contributed by atoms with Crippen LogP contribution >= 0.6 is 22.6 Å². The van der Waals surface area contributed by atoms with Gasteiger partial charge < -0.3 is 15.1 Å². The van der Waals surface area contributed by atoms with Gasteiger partial charge in [0.15, 0.2) is 0 Å². The van der Waals surface area contributed by atoms with Crippen molar-refractivity contribution in [3.05, 3.63) is 27.3 Å². The maximum Gasteiger partial charge on any atom is 0.253 e. The van der Waals surface area contributed by atoms with Crippen molar-refractivity contribution in [2.45, 2.75) is 0 Å². The molecule has 15 heavy (non-hydrogen) atoms. The normalized spacial score (nSPS) is 10.1. The largest absolute Gasteiger partial charge is 0.507 e. The van der Waals surface area contributed by atoms with Crippen molar-refractivity contribution < 1.29 is 15.0 Å². The molecule has 0 atom stereocenters. The van der Waals surface area contributed by atoms with Gasteiger partial charge >= 0.3 is 0 Å². The number of phenols is 1. The molecule has 1 amide bonds. The number of likely N-dealkylation sites (N-methyl/N-ethyl adjacent to an activating group) is 1. The van der Waals surface area contributed by atoms with E-state index >= 15 is 0 Å². The molecule has 2 N–H and O–H groups in total. The molecule has 82 valence electrons. The first kappa shape index (κ1) is 12.3. The van der Waals surface area contributed by atoms with E-state index in [-0.39, 0.29) is 24.8 Å². The Morgan fingerprint density at radius 2 is 2.20 bits per heavy atom. The summed E-state index contributed by atoms with van der Waals surface area (Å²) in [7, 11) is 1.60. The number of carbonyl (C=O) groups excluding carboxylic acids is 1. The van der Waals surface area contributed by atoms with Crippen LogP contribution in [0, 0.1) is 3.57 Å². The molecule has 0 spiro atoms. The number of hydrogen-bond donors (Lipinski definition) is 2. The lowest BCUT2D eigenvalue weighted by Gasteiger charge is -2.15. The van der Waals surface area contributed by atoms with Gasteiger partial charge in [0.2, 0.25) is 0 Å². The summed E-state index contributed by atoms with van der Waals surface area (Å²) in [6.07, 6.45) is 0. The number of halogens is 1. The summed E-state index contributed by atoms with van der Waals surface area (Å²) in [4.78, 5) is 13.1. The predicted octanol–water partition coefficient (Wildman–Crippen LogP) is 1.06.